The van der Waals surface area contributed by atoms with Crippen LogP contribution < -0.4 is 45.4 Å². The number of rotatable bonds is 1. The third kappa shape index (κ3) is 2.97. The first-order chi connectivity index (χ1) is 8.09. The van der Waals surface area contributed by atoms with Crippen LogP contribution in [0.25, 0.3) is 10.1 Å². The van der Waals surface area contributed by atoms with Crippen molar-refractivity contribution in [1.29, 1.82) is 0 Å². The summed E-state index contributed by atoms with van der Waals surface area (Å²) in [6.45, 7) is 0. The van der Waals surface area contributed by atoms with E-state index in [2.05, 4.69) is 5.32 Å². The first-order valence-corrected chi connectivity index (χ1v) is 5.50. The summed E-state index contributed by atoms with van der Waals surface area (Å²) >= 11 is 1.33. The molecule has 86 valence electrons. The maximum atomic E-state index is 11.6. The number of hydrogen-bond donors (Lipinski definition) is 1. The quantitative estimate of drug-likeness (QED) is 0.441. The van der Waals surface area contributed by atoms with Gasteiger partial charge in [-0.05, 0) is 23.6 Å². The summed E-state index contributed by atoms with van der Waals surface area (Å²) in [5.41, 5.74) is -0.0912. The predicted molar refractivity (Wildman–Crippen MR) is 61.7 cm³/mol. The van der Waals surface area contributed by atoms with Crippen LogP contribution in [0, 0.1) is 0 Å². The van der Waals surface area contributed by atoms with Crippen LogP contribution in [0.15, 0.2) is 34.4 Å². The Morgan fingerprint density at radius 2 is 1.94 bits per heavy atom. The smallest absolute Gasteiger partial charge is 0.540 e. The average Bonchev–Trinajstić information content (AvgIpc) is 2.29. The van der Waals surface area contributed by atoms with Crippen molar-refractivity contribution < 1.29 is 44.3 Å². The molecular weight excluding hydrogens is 265 g/mol. The Kier molecular flexibility index (Phi) is 5.03. The number of fused-ring (bicyclic) bond motifs is 1. The van der Waals surface area contributed by atoms with Gasteiger partial charge in [0.2, 0.25) is 0 Å². The molecule has 0 radical (unpaired) electrons. The van der Waals surface area contributed by atoms with Crippen LogP contribution in [0.5, 0.6) is 0 Å². The van der Waals surface area contributed by atoms with Crippen LogP contribution in [0.1, 0.15) is 0 Å². The molecule has 1 aromatic heterocycles. The zero-order chi connectivity index (χ0) is 12.4. The standard InChI is InChI=1S/C11H7NO4S.Na/c13-7-4-5-17-8-3-1-2-6(9(7)8)12-10(14)11(15)16;/h1-5H,(H,12,14)(H,15,16);/q;+1/p-1. The van der Waals surface area contributed by atoms with Crippen LogP contribution in [-0.4, -0.2) is 11.9 Å². The summed E-state index contributed by atoms with van der Waals surface area (Å²) in [6, 6.07) is 6.18. The number of aliphatic carboxylic acids is 1. The van der Waals surface area contributed by atoms with Crippen molar-refractivity contribution >= 4 is 39.0 Å². The van der Waals surface area contributed by atoms with Crippen molar-refractivity contribution in [3.05, 3.63) is 39.9 Å². The Hall–Kier alpha value is -1.21. The molecule has 7 heteroatoms. The van der Waals surface area contributed by atoms with Crippen molar-refractivity contribution in [2.75, 3.05) is 5.32 Å². The van der Waals surface area contributed by atoms with E-state index in [9.17, 15) is 19.5 Å². The molecule has 5 nitrogen and oxygen atoms in total. The molecule has 0 aliphatic rings. The molecule has 0 saturated heterocycles. The van der Waals surface area contributed by atoms with Gasteiger partial charge < -0.3 is 15.2 Å². The van der Waals surface area contributed by atoms with Crippen molar-refractivity contribution in [3.63, 3.8) is 0 Å². The fourth-order valence-electron chi connectivity index (χ4n) is 1.41. The minimum Gasteiger partial charge on any atom is -0.540 e. The summed E-state index contributed by atoms with van der Waals surface area (Å²) in [4.78, 5) is 33.0. The molecule has 0 aliphatic heterocycles. The van der Waals surface area contributed by atoms with E-state index < -0.39 is 11.9 Å². The SMILES string of the molecule is O=C([O-])C(=O)Nc1cccc2sccc(=O)c12.[Na+]. The predicted octanol–water partition coefficient (Wildman–Crippen LogP) is -3.05. The van der Waals surface area contributed by atoms with E-state index >= 15 is 0 Å². The van der Waals surface area contributed by atoms with Crippen molar-refractivity contribution in [2.45, 2.75) is 0 Å². The Balaban J connectivity index is 0.00000162. The molecule has 2 rings (SSSR count). The summed E-state index contributed by atoms with van der Waals surface area (Å²) in [5, 5.41) is 14.4. The number of benzene rings is 1. The van der Waals surface area contributed by atoms with Gasteiger partial charge in [0.15, 0.2) is 5.43 Å². The molecule has 0 unspecified atom stereocenters. The number of carboxylic acids is 1. The second-order valence-corrected chi connectivity index (χ2v) is 4.15. The van der Waals surface area contributed by atoms with Gasteiger partial charge in [-0.2, -0.15) is 0 Å². The molecule has 0 spiro atoms. The largest absolute Gasteiger partial charge is 1.00 e. The number of carbonyl (C=O) groups excluding carboxylic acids is 2. The first-order valence-electron chi connectivity index (χ1n) is 4.62. The number of carbonyl (C=O) groups is 2. The van der Waals surface area contributed by atoms with Crippen LogP contribution in [0.4, 0.5) is 5.69 Å². The van der Waals surface area contributed by atoms with Crippen molar-refractivity contribution in [1.82, 2.24) is 0 Å². The zero-order valence-electron chi connectivity index (χ0n) is 9.43. The summed E-state index contributed by atoms with van der Waals surface area (Å²) in [5.74, 6) is -3.11. The minimum absolute atomic E-state index is 0. The molecule has 2 aromatic rings. The number of anilines is 1. The molecule has 18 heavy (non-hydrogen) atoms. The van der Waals surface area contributed by atoms with Crippen molar-refractivity contribution in [3.8, 4) is 0 Å². The third-order valence-corrected chi connectivity index (χ3v) is 2.99. The average molecular weight is 271 g/mol. The molecular formula is C11H6NNaO4S. The summed E-state index contributed by atoms with van der Waals surface area (Å²) < 4.78 is 0.675. The van der Waals surface area contributed by atoms with Crippen LogP contribution in [0.3, 0.4) is 0 Å². The third-order valence-electron chi connectivity index (χ3n) is 2.12. The minimum atomic E-state index is -1.84. The molecule has 0 atom stereocenters. The molecule has 0 aliphatic carbocycles. The topological polar surface area (TPSA) is 86.3 Å². The number of hydrogen-bond acceptors (Lipinski definition) is 5. The molecule has 1 aromatic carbocycles. The Bertz CT molecular complexity index is 662. The van der Waals surface area contributed by atoms with Gasteiger partial charge in [0.05, 0.1) is 11.1 Å². The first kappa shape index (κ1) is 14.8. The van der Waals surface area contributed by atoms with E-state index in [-0.39, 0.29) is 40.7 Å². The Morgan fingerprint density at radius 1 is 1.22 bits per heavy atom. The molecule has 1 amide bonds. The Morgan fingerprint density at radius 3 is 2.61 bits per heavy atom. The summed E-state index contributed by atoms with van der Waals surface area (Å²) in [7, 11) is 0. The number of nitrogens with one attached hydrogen (secondary N) is 1. The van der Waals surface area contributed by atoms with Gasteiger partial charge in [0.25, 0.3) is 5.91 Å². The molecule has 1 N–H and O–H groups in total. The van der Waals surface area contributed by atoms with Gasteiger partial charge in [0, 0.05) is 4.70 Å². The maximum absolute atomic E-state index is 11.6. The van der Waals surface area contributed by atoms with E-state index in [1.807, 2.05) is 0 Å². The Labute approximate surface area is 128 Å². The fraction of sp³-hybridized carbons (Fsp3) is 0. The molecule has 0 saturated carbocycles. The number of carboxylic acid groups (broad SMARTS) is 1. The fourth-order valence-corrected chi connectivity index (χ4v) is 2.24. The molecule has 1 heterocycles. The van der Waals surface area contributed by atoms with Crippen molar-refractivity contribution in [2.24, 2.45) is 0 Å². The second-order valence-electron chi connectivity index (χ2n) is 3.21. The van der Waals surface area contributed by atoms with Gasteiger partial charge in [-0.1, -0.05) is 6.07 Å². The van der Waals surface area contributed by atoms with E-state index in [1.54, 1.807) is 17.5 Å². The van der Waals surface area contributed by atoms with Gasteiger partial charge in [0.1, 0.15) is 5.97 Å². The van der Waals surface area contributed by atoms with Gasteiger partial charge >= 0.3 is 29.6 Å². The van der Waals surface area contributed by atoms with Crippen LogP contribution in [-0.2, 0) is 9.59 Å². The van der Waals surface area contributed by atoms with E-state index in [1.165, 1.54) is 23.5 Å². The van der Waals surface area contributed by atoms with Gasteiger partial charge in [-0.3, -0.25) is 9.59 Å². The van der Waals surface area contributed by atoms with Gasteiger partial charge in [-0.25, -0.2) is 0 Å². The monoisotopic (exact) mass is 271 g/mol. The number of amides is 1. The van der Waals surface area contributed by atoms with E-state index in [0.29, 0.717) is 10.1 Å². The second kappa shape index (κ2) is 6.10. The van der Waals surface area contributed by atoms with E-state index in [4.69, 9.17) is 0 Å². The summed E-state index contributed by atoms with van der Waals surface area (Å²) in [6.07, 6.45) is 0. The van der Waals surface area contributed by atoms with Crippen LogP contribution in [0.2, 0.25) is 0 Å². The van der Waals surface area contributed by atoms with Gasteiger partial charge in [-0.15, -0.1) is 11.3 Å². The molecule has 0 bridgehead atoms. The molecule has 0 fully saturated rings. The van der Waals surface area contributed by atoms with E-state index in [0.717, 1.165) is 0 Å². The van der Waals surface area contributed by atoms with Crippen LogP contribution >= 0.6 is 11.3 Å². The zero-order valence-corrected chi connectivity index (χ0v) is 12.2. The normalized spacial score (nSPS) is 9.56. The maximum Gasteiger partial charge on any atom is 1.00 e.